The van der Waals surface area contributed by atoms with E-state index in [9.17, 15) is 14.7 Å². The Hall–Kier alpha value is -1.14. The number of carbonyl (C=O) groups is 2. The van der Waals surface area contributed by atoms with Crippen LogP contribution in [0.25, 0.3) is 0 Å². The van der Waals surface area contributed by atoms with E-state index in [4.69, 9.17) is 9.47 Å². The molecule has 0 spiro atoms. The van der Waals surface area contributed by atoms with Crippen LogP contribution in [0.2, 0.25) is 0 Å². The van der Waals surface area contributed by atoms with Crippen LogP contribution in [0.15, 0.2) is 0 Å². The lowest BCUT2D eigenvalue weighted by Gasteiger charge is -2.28. The van der Waals surface area contributed by atoms with Crippen LogP contribution >= 0.6 is 0 Å². The van der Waals surface area contributed by atoms with Crippen molar-refractivity contribution in [3.05, 3.63) is 0 Å². The van der Waals surface area contributed by atoms with Crippen molar-refractivity contribution in [2.45, 2.75) is 45.9 Å². The number of nitrogens with one attached hydrogen (secondary N) is 1. The predicted molar refractivity (Wildman–Crippen MR) is 71.2 cm³/mol. The van der Waals surface area contributed by atoms with Crippen molar-refractivity contribution < 1.29 is 24.2 Å². The van der Waals surface area contributed by atoms with Gasteiger partial charge in [-0.25, -0.2) is 0 Å². The van der Waals surface area contributed by atoms with E-state index in [0.29, 0.717) is 0 Å². The molecule has 2 aliphatic rings. The second-order valence-corrected chi connectivity index (χ2v) is 6.23. The minimum absolute atomic E-state index is 0.0337. The minimum Gasteiger partial charge on any atom is -0.481 e. The average Bonchev–Trinajstić information content (AvgIpc) is 2.83. The van der Waals surface area contributed by atoms with Gasteiger partial charge in [-0.3, -0.25) is 9.59 Å². The highest BCUT2D eigenvalue weighted by molar-refractivity contribution is 5.82. The highest BCUT2D eigenvalue weighted by Crippen LogP contribution is 2.34. The number of amides is 1. The first-order valence-electron chi connectivity index (χ1n) is 7.04. The summed E-state index contributed by atoms with van der Waals surface area (Å²) in [5, 5.41) is 12.2. The van der Waals surface area contributed by atoms with E-state index in [1.807, 2.05) is 20.8 Å². The first-order chi connectivity index (χ1) is 9.27. The maximum absolute atomic E-state index is 12.4. The smallest absolute Gasteiger partial charge is 0.313 e. The zero-order valence-electron chi connectivity index (χ0n) is 12.4. The summed E-state index contributed by atoms with van der Waals surface area (Å²) in [5.74, 6) is -1.22. The number of carboxylic acids is 1. The highest BCUT2D eigenvalue weighted by Gasteiger charge is 2.49. The standard InChI is InChI=1S/C14H23NO5/c1-7-8(2)20-9(3)11(7)12(16)15-10-5-19-6-14(10,4)13(17)18/h7-11H,5-6H2,1-4H3,(H,15,16)(H,17,18). The quantitative estimate of drug-likeness (QED) is 0.795. The van der Waals surface area contributed by atoms with Crippen molar-refractivity contribution in [3.8, 4) is 0 Å². The third-order valence-electron chi connectivity index (χ3n) is 4.81. The van der Waals surface area contributed by atoms with Crippen molar-refractivity contribution in [2.24, 2.45) is 17.3 Å². The molecular weight excluding hydrogens is 262 g/mol. The van der Waals surface area contributed by atoms with E-state index in [0.717, 1.165) is 0 Å². The molecule has 0 saturated carbocycles. The van der Waals surface area contributed by atoms with Gasteiger partial charge in [-0.05, 0) is 26.7 Å². The maximum atomic E-state index is 12.4. The molecule has 2 heterocycles. The van der Waals surface area contributed by atoms with Gasteiger partial charge in [-0.2, -0.15) is 0 Å². The molecule has 2 aliphatic heterocycles. The third kappa shape index (κ3) is 2.42. The second-order valence-electron chi connectivity index (χ2n) is 6.23. The lowest BCUT2D eigenvalue weighted by atomic mass is 9.83. The Kier molecular flexibility index (Phi) is 4.07. The first-order valence-corrected chi connectivity index (χ1v) is 7.04. The van der Waals surface area contributed by atoms with Gasteiger partial charge in [0, 0.05) is 0 Å². The molecule has 6 atom stereocenters. The van der Waals surface area contributed by atoms with Gasteiger partial charge in [0.2, 0.25) is 5.91 Å². The van der Waals surface area contributed by atoms with Gasteiger partial charge in [-0.15, -0.1) is 0 Å². The van der Waals surface area contributed by atoms with Gasteiger partial charge in [0.25, 0.3) is 0 Å². The fourth-order valence-corrected chi connectivity index (χ4v) is 3.07. The minimum atomic E-state index is -1.06. The Morgan fingerprint density at radius 3 is 2.40 bits per heavy atom. The predicted octanol–water partition coefficient (Wildman–Crippen LogP) is 0.652. The maximum Gasteiger partial charge on any atom is 0.313 e. The van der Waals surface area contributed by atoms with Gasteiger partial charge in [0.1, 0.15) is 5.41 Å². The van der Waals surface area contributed by atoms with Crippen molar-refractivity contribution in [3.63, 3.8) is 0 Å². The Morgan fingerprint density at radius 2 is 1.90 bits per heavy atom. The average molecular weight is 285 g/mol. The summed E-state index contributed by atoms with van der Waals surface area (Å²) in [6.45, 7) is 7.78. The largest absolute Gasteiger partial charge is 0.481 e. The van der Waals surface area contributed by atoms with Crippen LogP contribution in [0.4, 0.5) is 0 Å². The van der Waals surface area contributed by atoms with Gasteiger partial charge >= 0.3 is 5.97 Å². The third-order valence-corrected chi connectivity index (χ3v) is 4.81. The molecule has 114 valence electrons. The molecule has 0 bridgehead atoms. The van der Waals surface area contributed by atoms with Gasteiger partial charge in [0.15, 0.2) is 0 Å². The molecule has 1 amide bonds. The van der Waals surface area contributed by atoms with E-state index in [1.165, 1.54) is 0 Å². The number of carboxylic acid groups (broad SMARTS) is 1. The molecule has 0 aromatic carbocycles. The number of carbonyl (C=O) groups excluding carboxylic acids is 1. The van der Waals surface area contributed by atoms with Crippen molar-refractivity contribution >= 4 is 11.9 Å². The van der Waals surface area contributed by atoms with Crippen LogP contribution in [0.5, 0.6) is 0 Å². The molecule has 0 aromatic heterocycles. The van der Waals surface area contributed by atoms with E-state index in [1.54, 1.807) is 6.92 Å². The number of hydrogen-bond donors (Lipinski definition) is 2. The Morgan fingerprint density at radius 1 is 1.25 bits per heavy atom. The summed E-state index contributed by atoms with van der Waals surface area (Å²) in [7, 11) is 0. The summed E-state index contributed by atoms with van der Waals surface area (Å²) < 4.78 is 10.9. The van der Waals surface area contributed by atoms with Crippen LogP contribution < -0.4 is 5.32 Å². The van der Waals surface area contributed by atoms with Crippen LogP contribution in [0.3, 0.4) is 0 Å². The summed E-state index contributed by atoms with van der Waals surface area (Å²) in [6.07, 6.45) is -0.121. The molecule has 0 radical (unpaired) electrons. The van der Waals surface area contributed by atoms with E-state index in [-0.39, 0.29) is 43.2 Å². The molecular formula is C14H23NO5. The number of aliphatic carboxylic acids is 1. The highest BCUT2D eigenvalue weighted by atomic mass is 16.5. The monoisotopic (exact) mass is 285 g/mol. The molecule has 2 fully saturated rings. The zero-order valence-corrected chi connectivity index (χ0v) is 12.4. The Labute approximate surface area is 118 Å². The number of hydrogen-bond acceptors (Lipinski definition) is 4. The molecule has 6 nitrogen and oxygen atoms in total. The lowest BCUT2D eigenvalue weighted by Crippen LogP contribution is -2.52. The summed E-state index contributed by atoms with van der Waals surface area (Å²) in [4.78, 5) is 23.8. The second kappa shape index (κ2) is 5.33. The van der Waals surface area contributed by atoms with Crippen LogP contribution in [0, 0.1) is 17.3 Å². The zero-order chi connectivity index (χ0) is 15.1. The topological polar surface area (TPSA) is 84.9 Å². The van der Waals surface area contributed by atoms with Crippen LogP contribution in [-0.2, 0) is 19.1 Å². The lowest BCUT2D eigenvalue weighted by molar-refractivity contribution is -0.149. The molecule has 0 aliphatic carbocycles. The van der Waals surface area contributed by atoms with E-state index < -0.39 is 17.4 Å². The fraction of sp³-hybridized carbons (Fsp3) is 0.857. The molecule has 2 saturated heterocycles. The molecule has 20 heavy (non-hydrogen) atoms. The Balaban J connectivity index is 2.07. The number of rotatable bonds is 3. The van der Waals surface area contributed by atoms with Crippen LogP contribution in [-0.4, -0.2) is 48.4 Å². The number of ether oxygens (including phenoxy) is 2. The summed E-state index contributed by atoms with van der Waals surface area (Å²) in [5.41, 5.74) is -1.06. The van der Waals surface area contributed by atoms with Gasteiger partial charge < -0.3 is 19.9 Å². The van der Waals surface area contributed by atoms with E-state index in [2.05, 4.69) is 5.32 Å². The molecule has 6 unspecified atom stereocenters. The fourth-order valence-electron chi connectivity index (χ4n) is 3.07. The molecule has 2 N–H and O–H groups in total. The normalized spacial score (nSPS) is 44.5. The molecule has 2 rings (SSSR count). The van der Waals surface area contributed by atoms with Crippen molar-refractivity contribution in [2.75, 3.05) is 13.2 Å². The van der Waals surface area contributed by atoms with Gasteiger partial charge in [0.05, 0.1) is 37.4 Å². The summed E-state index contributed by atoms with van der Waals surface area (Å²) in [6, 6.07) is -0.497. The first kappa shape index (κ1) is 15.3. The van der Waals surface area contributed by atoms with Gasteiger partial charge in [-0.1, -0.05) is 6.92 Å². The molecule has 6 heteroatoms. The summed E-state index contributed by atoms with van der Waals surface area (Å²) >= 11 is 0. The van der Waals surface area contributed by atoms with Crippen molar-refractivity contribution in [1.82, 2.24) is 5.32 Å². The SMILES string of the molecule is CC1OC(C)C(C(=O)NC2COCC2(C)C(=O)O)C1C. The van der Waals surface area contributed by atoms with E-state index >= 15 is 0 Å². The Bertz CT molecular complexity index is 412. The molecule has 0 aromatic rings. The van der Waals surface area contributed by atoms with Crippen molar-refractivity contribution in [1.29, 1.82) is 0 Å². The van der Waals surface area contributed by atoms with Crippen LogP contribution in [0.1, 0.15) is 27.7 Å².